The van der Waals surface area contributed by atoms with Crippen LogP contribution in [0.2, 0.25) is 0 Å². The zero-order valence-electron chi connectivity index (χ0n) is 11.9. The van der Waals surface area contributed by atoms with Crippen molar-refractivity contribution in [2.45, 2.75) is 89.6 Å². The second kappa shape index (κ2) is 8.10. The number of hydrogen-bond donors (Lipinski definition) is 2. The number of unbranched alkanes of at least 4 members (excludes halogenated alkanes) is 4. The van der Waals surface area contributed by atoms with E-state index in [9.17, 15) is 0 Å². The molecule has 3 N–H and O–H groups in total. The second-order valence-electron chi connectivity index (χ2n) is 5.87. The summed E-state index contributed by atoms with van der Waals surface area (Å²) in [4.78, 5) is 0. The van der Waals surface area contributed by atoms with Gasteiger partial charge in [0.2, 0.25) is 0 Å². The number of hydrogen-bond acceptors (Lipinski definition) is 2. The van der Waals surface area contributed by atoms with E-state index < -0.39 is 0 Å². The Morgan fingerprint density at radius 2 is 1.65 bits per heavy atom. The molecule has 0 aromatic carbocycles. The first-order chi connectivity index (χ1) is 8.22. The molecule has 0 amide bonds. The minimum absolute atomic E-state index is 0.377. The molecule has 0 radical (unpaired) electrons. The van der Waals surface area contributed by atoms with Gasteiger partial charge in [-0.05, 0) is 32.2 Å². The van der Waals surface area contributed by atoms with E-state index in [4.69, 9.17) is 5.73 Å². The lowest BCUT2D eigenvalue weighted by Gasteiger charge is -2.41. The molecule has 1 aliphatic rings. The van der Waals surface area contributed by atoms with E-state index in [0.717, 1.165) is 13.0 Å². The highest BCUT2D eigenvalue weighted by atomic mass is 15.0. The third-order valence-corrected chi connectivity index (χ3v) is 4.19. The molecular weight excluding hydrogens is 208 g/mol. The molecule has 0 spiro atoms. The lowest BCUT2D eigenvalue weighted by atomic mass is 9.78. The Morgan fingerprint density at radius 3 is 2.12 bits per heavy atom. The Morgan fingerprint density at radius 1 is 1.06 bits per heavy atom. The van der Waals surface area contributed by atoms with Gasteiger partial charge in [0.1, 0.15) is 0 Å². The average molecular weight is 240 g/mol. The van der Waals surface area contributed by atoms with Gasteiger partial charge in [-0.3, -0.25) is 0 Å². The van der Waals surface area contributed by atoms with Crippen molar-refractivity contribution < 1.29 is 0 Å². The third kappa shape index (κ3) is 5.39. The molecule has 102 valence electrons. The molecule has 2 nitrogen and oxygen atoms in total. The number of piperidine rings is 1. The smallest absolute Gasteiger partial charge is 0.0196 e. The van der Waals surface area contributed by atoms with E-state index in [1.165, 1.54) is 57.8 Å². The zero-order chi connectivity index (χ0) is 12.6. The molecule has 1 saturated heterocycles. The molecule has 1 unspecified atom stereocenters. The Balaban J connectivity index is 2.43. The maximum absolute atomic E-state index is 6.18. The van der Waals surface area contributed by atoms with Crippen molar-refractivity contribution in [2.24, 2.45) is 5.73 Å². The molecule has 1 atom stereocenters. The van der Waals surface area contributed by atoms with E-state index in [0.29, 0.717) is 11.6 Å². The minimum atomic E-state index is 0.377. The van der Waals surface area contributed by atoms with Crippen molar-refractivity contribution in [3.63, 3.8) is 0 Å². The molecular formula is C15H32N2. The van der Waals surface area contributed by atoms with Gasteiger partial charge in [0, 0.05) is 11.6 Å². The molecule has 1 rings (SSSR count). The standard InChI is InChI=1S/C15H32N2/c1-3-5-7-10-15(11-8-6-4-2)13-14(16)9-12-17-15/h14,17H,3-13,16H2,1-2H3. The van der Waals surface area contributed by atoms with E-state index in [1.54, 1.807) is 0 Å². The lowest BCUT2D eigenvalue weighted by molar-refractivity contribution is 0.192. The van der Waals surface area contributed by atoms with Crippen LogP contribution in [-0.4, -0.2) is 18.1 Å². The van der Waals surface area contributed by atoms with Crippen LogP contribution in [0.25, 0.3) is 0 Å². The fraction of sp³-hybridized carbons (Fsp3) is 1.00. The third-order valence-electron chi connectivity index (χ3n) is 4.19. The van der Waals surface area contributed by atoms with E-state index >= 15 is 0 Å². The molecule has 0 aromatic heterocycles. The van der Waals surface area contributed by atoms with Gasteiger partial charge in [-0.2, -0.15) is 0 Å². The van der Waals surface area contributed by atoms with Gasteiger partial charge < -0.3 is 11.1 Å². The van der Waals surface area contributed by atoms with Crippen LogP contribution in [-0.2, 0) is 0 Å². The van der Waals surface area contributed by atoms with Crippen LogP contribution in [0.3, 0.4) is 0 Å². The molecule has 2 heteroatoms. The summed E-state index contributed by atoms with van der Waals surface area (Å²) in [6.07, 6.45) is 13.1. The normalized spacial score (nSPS) is 23.8. The van der Waals surface area contributed by atoms with Crippen molar-refractivity contribution in [3.05, 3.63) is 0 Å². The zero-order valence-corrected chi connectivity index (χ0v) is 11.9. The van der Waals surface area contributed by atoms with Gasteiger partial charge in [-0.1, -0.05) is 52.4 Å². The first-order valence-electron chi connectivity index (χ1n) is 7.73. The molecule has 0 bridgehead atoms. The molecule has 1 aliphatic heterocycles. The maximum atomic E-state index is 6.18. The Labute approximate surface area is 108 Å². The topological polar surface area (TPSA) is 38.0 Å². The molecule has 0 saturated carbocycles. The Kier molecular flexibility index (Phi) is 7.14. The molecule has 0 aromatic rings. The molecule has 17 heavy (non-hydrogen) atoms. The van der Waals surface area contributed by atoms with Gasteiger partial charge in [0.05, 0.1) is 0 Å². The average Bonchev–Trinajstić information content (AvgIpc) is 2.30. The lowest BCUT2D eigenvalue weighted by Crippen LogP contribution is -2.54. The monoisotopic (exact) mass is 240 g/mol. The van der Waals surface area contributed by atoms with Crippen molar-refractivity contribution in [2.75, 3.05) is 6.54 Å². The maximum Gasteiger partial charge on any atom is 0.0196 e. The van der Waals surface area contributed by atoms with Gasteiger partial charge >= 0.3 is 0 Å². The first-order valence-corrected chi connectivity index (χ1v) is 7.73. The largest absolute Gasteiger partial charge is 0.328 e. The van der Waals surface area contributed by atoms with Gasteiger partial charge in [0.25, 0.3) is 0 Å². The van der Waals surface area contributed by atoms with Gasteiger partial charge in [-0.25, -0.2) is 0 Å². The van der Waals surface area contributed by atoms with Crippen LogP contribution in [0.15, 0.2) is 0 Å². The minimum Gasteiger partial charge on any atom is -0.328 e. The first kappa shape index (κ1) is 15.0. The van der Waals surface area contributed by atoms with Gasteiger partial charge in [-0.15, -0.1) is 0 Å². The SMILES string of the molecule is CCCCCC1(CCCCC)CC(N)CCN1. The highest BCUT2D eigenvalue weighted by Crippen LogP contribution is 2.30. The molecule has 1 fully saturated rings. The Hall–Kier alpha value is -0.0800. The molecule has 1 heterocycles. The summed E-state index contributed by atoms with van der Waals surface area (Å²) in [5.41, 5.74) is 6.56. The summed E-state index contributed by atoms with van der Waals surface area (Å²) in [5.74, 6) is 0. The highest BCUT2D eigenvalue weighted by Gasteiger charge is 2.33. The van der Waals surface area contributed by atoms with Gasteiger partial charge in [0.15, 0.2) is 0 Å². The van der Waals surface area contributed by atoms with Crippen LogP contribution in [0.4, 0.5) is 0 Å². The molecule has 0 aliphatic carbocycles. The van der Waals surface area contributed by atoms with Crippen molar-refractivity contribution in [3.8, 4) is 0 Å². The number of rotatable bonds is 8. The van der Waals surface area contributed by atoms with Crippen molar-refractivity contribution in [1.29, 1.82) is 0 Å². The quantitative estimate of drug-likeness (QED) is 0.636. The number of nitrogens with one attached hydrogen (secondary N) is 1. The van der Waals surface area contributed by atoms with Crippen LogP contribution in [0.5, 0.6) is 0 Å². The van der Waals surface area contributed by atoms with Crippen molar-refractivity contribution >= 4 is 0 Å². The second-order valence-corrected chi connectivity index (χ2v) is 5.87. The summed E-state index contributed by atoms with van der Waals surface area (Å²) < 4.78 is 0. The fourth-order valence-corrected chi connectivity index (χ4v) is 3.13. The summed E-state index contributed by atoms with van der Waals surface area (Å²) in [6.45, 7) is 5.69. The van der Waals surface area contributed by atoms with Crippen LogP contribution in [0.1, 0.15) is 78.1 Å². The number of nitrogens with two attached hydrogens (primary N) is 1. The van der Waals surface area contributed by atoms with E-state index in [-0.39, 0.29) is 0 Å². The summed E-state index contributed by atoms with van der Waals surface area (Å²) in [5, 5.41) is 3.80. The predicted molar refractivity (Wildman–Crippen MR) is 76.2 cm³/mol. The van der Waals surface area contributed by atoms with Crippen LogP contribution < -0.4 is 11.1 Å². The highest BCUT2D eigenvalue weighted by molar-refractivity contribution is 4.95. The Bertz CT molecular complexity index is 181. The summed E-state index contributed by atoms with van der Waals surface area (Å²) >= 11 is 0. The van der Waals surface area contributed by atoms with Crippen LogP contribution >= 0.6 is 0 Å². The van der Waals surface area contributed by atoms with E-state index in [2.05, 4.69) is 19.2 Å². The van der Waals surface area contributed by atoms with E-state index in [1.807, 2.05) is 0 Å². The summed E-state index contributed by atoms with van der Waals surface area (Å²) in [7, 11) is 0. The summed E-state index contributed by atoms with van der Waals surface area (Å²) in [6, 6.07) is 0.430. The predicted octanol–water partition coefficient (Wildman–Crippen LogP) is 3.60. The fourth-order valence-electron chi connectivity index (χ4n) is 3.13. The van der Waals surface area contributed by atoms with Crippen molar-refractivity contribution in [1.82, 2.24) is 5.32 Å². The van der Waals surface area contributed by atoms with Crippen LogP contribution in [0, 0.1) is 0 Å².